The predicted molar refractivity (Wildman–Crippen MR) is 90.9 cm³/mol. The third kappa shape index (κ3) is 5.98. The molecule has 1 N–H and O–H groups in total. The maximum Gasteiger partial charge on any atom is 0.408 e. The van der Waals surface area contributed by atoms with Gasteiger partial charge in [-0.2, -0.15) is 13.2 Å². The molecule has 1 saturated heterocycles. The molecule has 2 rings (SSSR count). The Hall–Kier alpha value is -0.763. The van der Waals surface area contributed by atoms with Crippen molar-refractivity contribution in [2.75, 3.05) is 26.2 Å². The summed E-state index contributed by atoms with van der Waals surface area (Å²) in [7, 11) is -1.75. The highest BCUT2D eigenvalue weighted by atomic mass is 35.5. The van der Waals surface area contributed by atoms with E-state index in [4.69, 9.17) is 4.43 Å². The van der Waals surface area contributed by atoms with Crippen molar-refractivity contribution in [1.82, 2.24) is 10.2 Å². The van der Waals surface area contributed by atoms with Gasteiger partial charge in [0, 0.05) is 26.2 Å². The largest absolute Gasteiger partial charge is 0.544 e. The number of hydrogen-bond acceptors (Lipinski definition) is 3. The van der Waals surface area contributed by atoms with Crippen molar-refractivity contribution in [2.45, 2.75) is 31.9 Å². The number of benzene rings is 1. The Kier molecular flexibility index (Phi) is 6.94. The lowest BCUT2D eigenvalue weighted by molar-refractivity contribution is -0.187. The van der Waals surface area contributed by atoms with Gasteiger partial charge in [0.25, 0.3) is 0 Å². The summed E-state index contributed by atoms with van der Waals surface area (Å²) >= 11 is 0. The van der Waals surface area contributed by atoms with Gasteiger partial charge >= 0.3 is 6.18 Å². The lowest BCUT2D eigenvalue weighted by Gasteiger charge is -2.36. The molecule has 1 aromatic rings. The molecule has 23 heavy (non-hydrogen) atoms. The summed E-state index contributed by atoms with van der Waals surface area (Å²) in [5.74, 6) is 0.643. The van der Waals surface area contributed by atoms with Crippen molar-refractivity contribution in [3.63, 3.8) is 0 Å². The fourth-order valence-corrected chi connectivity index (χ4v) is 3.46. The van der Waals surface area contributed by atoms with Crippen LogP contribution in [0.3, 0.4) is 0 Å². The molecule has 0 amide bonds. The first-order chi connectivity index (χ1) is 10.2. The summed E-state index contributed by atoms with van der Waals surface area (Å²) in [5, 5.41) is 3.08. The lowest BCUT2D eigenvalue weighted by atomic mass is 10.0. The number of rotatable bonds is 4. The van der Waals surface area contributed by atoms with E-state index in [0.29, 0.717) is 31.9 Å². The van der Waals surface area contributed by atoms with Crippen LogP contribution < -0.4 is 9.74 Å². The molecule has 1 aromatic carbocycles. The zero-order valence-electron chi connectivity index (χ0n) is 13.6. The zero-order valence-corrected chi connectivity index (χ0v) is 15.4. The maximum atomic E-state index is 13.5. The van der Waals surface area contributed by atoms with Gasteiger partial charge in [-0.25, -0.2) is 0 Å². The molecule has 1 atom stereocenters. The van der Waals surface area contributed by atoms with Gasteiger partial charge in [-0.1, -0.05) is 12.1 Å². The molecule has 0 bridgehead atoms. The summed E-state index contributed by atoms with van der Waals surface area (Å²) in [4.78, 5) is 1.49. The van der Waals surface area contributed by atoms with Gasteiger partial charge in [-0.05, 0) is 37.3 Å². The van der Waals surface area contributed by atoms with Gasteiger partial charge in [0.05, 0.1) is 0 Å². The van der Waals surface area contributed by atoms with Crippen LogP contribution in [0.25, 0.3) is 0 Å². The molecule has 0 spiro atoms. The Bertz CT molecular complexity index is 485. The summed E-state index contributed by atoms with van der Waals surface area (Å²) in [6.45, 7) is 8.10. The van der Waals surface area contributed by atoms with E-state index in [1.54, 1.807) is 12.1 Å². The first kappa shape index (κ1) is 20.3. The third-order valence-corrected chi connectivity index (χ3v) is 4.29. The minimum atomic E-state index is -4.28. The lowest BCUT2D eigenvalue weighted by Crippen LogP contribution is -2.49. The second kappa shape index (κ2) is 7.87. The molecule has 1 fully saturated rings. The van der Waals surface area contributed by atoms with E-state index in [1.807, 2.05) is 19.6 Å². The van der Waals surface area contributed by atoms with Gasteiger partial charge in [0.2, 0.25) is 8.32 Å². The number of halogens is 4. The highest BCUT2D eigenvalue weighted by Gasteiger charge is 2.44. The Balaban J connectivity index is 0.00000264. The van der Waals surface area contributed by atoms with Gasteiger partial charge < -0.3 is 9.74 Å². The summed E-state index contributed by atoms with van der Waals surface area (Å²) in [6.07, 6.45) is -4.28. The molecule has 1 aliphatic heterocycles. The van der Waals surface area contributed by atoms with Gasteiger partial charge in [0.1, 0.15) is 11.8 Å². The predicted octanol–water partition coefficient (Wildman–Crippen LogP) is 3.83. The van der Waals surface area contributed by atoms with Crippen molar-refractivity contribution >= 4 is 20.7 Å². The van der Waals surface area contributed by atoms with Crippen molar-refractivity contribution in [3.8, 4) is 5.75 Å². The van der Waals surface area contributed by atoms with E-state index in [2.05, 4.69) is 5.32 Å². The molecule has 3 nitrogen and oxygen atoms in total. The van der Waals surface area contributed by atoms with Crippen LogP contribution in [0.1, 0.15) is 11.6 Å². The highest BCUT2D eigenvalue weighted by Crippen LogP contribution is 2.38. The summed E-state index contributed by atoms with van der Waals surface area (Å²) in [5.41, 5.74) is 0.275. The highest BCUT2D eigenvalue weighted by molar-refractivity contribution is 6.70. The molecule has 0 saturated carbocycles. The fraction of sp³-hybridized carbons (Fsp3) is 0.600. The van der Waals surface area contributed by atoms with Crippen LogP contribution in [0.4, 0.5) is 13.2 Å². The van der Waals surface area contributed by atoms with Crippen molar-refractivity contribution in [3.05, 3.63) is 29.8 Å². The first-order valence-electron chi connectivity index (χ1n) is 7.47. The molecular weight excluding hydrogens is 345 g/mol. The van der Waals surface area contributed by atoms with E-state index in [0.717, 1.165) is 0 Å². The van der Waals surface area contributed by atoms with E-state index in [1.165, 1.54) is 17.0 Å². The van der Waals surface area contributed by atoms with E-state index in [9.17, 15) is 13.2 Å². The smallest absolute Gasteiger partial charge is 0.408 e. The van der Waals surface area contributed by atoms with Crippen LogP contribution in [-0.2, 0) is 0 Å². The standard InChI is InChI=1S/C15H23F3N2OSi.ClH/c1-22(2,3)21-13-6-4-12(5-7-13)14(15(16,17)18)20-10-8-19-9-11-20;/h4-7,14,19H,8-11H2,1-3H3;1H/t14-;/m0./s1. The van der Waals surface area contributed by atoms with Crippen LogP contribution in [0.5, 0.6) is 5.75 Å². The van der Waals surface area contributed by atoms with Crippen molar-refractivity contribution in [2.24, 2.45) is 0 Å². The molecule has 0 aromatic heterocycles. The number of piperazine rings is 1. The number of nitrogens with zero attached hydrogens (tertiary/aromatic N) is 1. The van der Waals surface area contributed by atoms with E-state index >= 15 is 0 Å². The normalized spacial score (nSPS) is 18.2. The quantitative estimate of drug-likeness (QED) is 0.817. The van der Waals surface area contributed by atoms with Crippen LogP contribution in [0.2, 0.25) is 19.6 Å². The molecule has 0 aliphatic carbocycles. The molecule has 1 heterocycles. The Morgan fingerprint density at radius 3 is 2.04 bits per heavy atom. The summed E-state index contributed by atoms with van der Waals surface area (Å²) in [6, 6.07) is 4.82. The van der Waals surface area contributed by atoms with Crippen molar-refractivity contribution < 1.29 is 17.6 Å². The average Bonchev–Trinajstić information content (AvgIpc) is 2.39. The number of alkyl halides is 3. The Morgan fingerprint density at radius 2 is 1.61 bits per heavy atom. The van der Waals surface area contributed by atoms with Crippen LogP contribution in [0.15, 0.2) is 24.3 Å². The SMILES string of the molecule is C[Si](C)(C)Oc1ccc([C@H](N2CCNCC2)C(F)(F)F)cc1.Cl. The van der Waals surface area contributed by atoms with Crippen molar-refractivity contribution in [1.29, 1.82) is 0 Å². The Labute approximate surface area is 142 Å². The third-order valence-electron chi connectivity index (χ3n) is 3.45. The van der Waals surface area contributed by atoms with Gasteiger partial charge in [-0.3, -0.25) is 4.90 Å². The number of hydrogen-bond donors (Lipinski definition) is 1. The molecular formula is C15H24ClF3N2OSi. The topological polar surface area (TPSA) is 24.5 Å². The first-order valence-corrected chi connectivity index (χ1v) is 10.9. The van der Waals surface area contributed by atoms with E-state index < -0.39 is 20.5 Å². The number of nitrogens with one attached hydrogen (secondary N) is 1. The minimum absolute atomic E-state index is 0. The summed E-state index contributed by atoms with van der Waals surface area (Å²) < 4.78 is 46.2. The Morgan fingerprint density at radius 1 is 1.09 bits per heavy atom. The van der Waals surface area contributed by atoms with Crippen LogP contribution in [0, 0.1) is 0 Å². The van der Waals surface area contributed by atoms with E-state index in [-0.39, 0.29) is 18.0 Å². The second-order valence-corrected chi connectivity index (χ2v) is 10.9. The molecule has 1 aliphatic rings. The fourth-order valence-electron chi connectivity index (χ4n) is 2.62. The maximum absolute atomic E-state index is 13.5. The molecule has 0 unspecified atom stereocenters. The monoisotopic (exact) mass is 368 g/mol. The average molecular weight is 369 g/mol. The zero-order chi connectivity index (χ0) is 16.4. The molecule has 0 radical (unpaired) electrons. The molecule has 8 heteroatoms. The van der Waals surface area contributed by atoms with Gasteiger partial charge in [0.15, 0.2) is 0 Å². The van der Waals surface area contributed by atoms with Gasteiger partial charge in [-0.15, -0.1) is 12.4 Å². The second-order valence-electron chi connectivity index (χ2n) is 6.51. The van der Waals surface area contributed by atoms with Crippen LogP contribution in [-0.4, -0.2) is 45.6 Å². The van der Waals surface area contributed by atoms with Crippen LogP contribution >= 0.6 is 12.4 Å². The molecule has 132 valence electrons. The minimum Gasteiger partial charge on any atom is -0.544 e.